The molecule has 19 heavy (non-hydrogen) atoms. The summed E-state index contributed by atoms with van der Waals surface area (Å²) in [7, 11) is 0. The molecule has 3 unspecified atom stereocenters. The zero-order valence-electron chi connectivity index (χ0n) is 11.7. The van der Waals surface area contributed by atoms with Gasteiger partial charge in [0.15, 0.2) is 0 Å². The predicted octanol–water partition coefficient (Wildman–Crippen LogP) is 3.28. The molecule has 1 aromatic carbocycles. The van der Waals surface area contributed by atoms with Gasteiger partial charge in [-0.05, 0) is 43.4 Å². The Hall–Kier alpha value is -1.61. The van der Waals surface area contributed by atoms with E-state index in [9.17, 15) is 5.11 Å². The van der Waals surface area contributed by atoms with Crippen LogP contribution in [0.25, 0.3) is 0 Å². The number of aliphatic hydroxyl groups is 1. The van der Waals surface area contributed by atoms with Crippen molar-refractivity contribution >= 4 is 0 Å². The van der Waals surface area contributed by atoms with E-state index in [1.165, 1.54) is 5.56 Å². The van der Waals surface area contributed by atoms with Gasteiger partial charge in [-0.1, -0.05) is 31.2 Å². The number of fused-ring (bicyclic) bond motifs is 1. The molecule has 1 heterocycles. The Kier molecular flexibility index (Phi) is 2.94. The van der Waals surface area contributed by atoms with Crippen LogP contribution in [0.15, 0.2) is 30.3 Å². The number of aromatic nitrogens is 2. The molecule has 0 radical (unpaired) electrons. The van der Waals surface area contributed by atoms with Gasteiger partial charge in [-0.15, -0.1) is 0 Å². The second-order valence-electron chi connectivity index (χ2n) is 5.65. The zero-order chi connectivity index (χ0) is 13.6. The maximum absolute atomic E-state index is 10.7. The molecule has 1 aliphatic carbocycles. The van der Waals surface area contributed by atoms with Gasteiger partial charge in [0, 0.05) is 5.69 Å². The number of nitrogens with zero attached hydrogens (tertiary/aromatic N) is 2. The van der Waals surface area contributed by atoms with Crippen LogP contribution in [0.3, 0.4) is 0 Å². The standard InChI is InChI=1S/C16H20N2O/c1-10-8-15(18-12(3)9-11(2)17-18)16(19)14-7-5-4-6-13(10)14/h4-7,9-10,15-16,19H,8H2,1-3H3. The van der Waals surface area contributed by atoms with Crippen molar-refractivity contribution in [1.82, 2.24) is 9.78 Å². The van der Waals surface area contributed by atoms with Crippen LogP contribution in [-0.2, 0) is 0 Å². The van der Waals surface area contributed by atoms with Crippen molar-refractivity contribution in [3.63, 3.8) is 0 Å². The van der Waals surface area contributed by atoms with Gasteiger partial charge in [0.1, 0.15) is 6.10 Å². The Morgan fingerprint density at radius 2 is 1.89 bits per heavy atom. The molecule has 0 saturated heterocycles. The van der Waals surface area contributed by atoms with Crippen LogP contribution in [0.5, 0.6) is 0 Å². The molecule has 3 atom stereocenters. The molecule has 100 valence electrons. The Morgan fingerprint density at radius 3 is 2.53 bits per heavy atom. The van der Waals surface area contributed by atoms with Gasteiger partial charge in [-0.25, -0.2) is 0 Å². The Labute approximate surface area is 113 Å². The molecule has 3 rings (SSSR count). The second-order valence-corrected chi connectivity index (χ2v) is 5.65. The number of hydrogen-bond donors (Lipinski definition) is 1. The number of hydrogen-bond acceptors (Lipinski definition) is 2. The lowest BCUT2D eigenvalue weighted by Crippen LogP contribution is -2.27. The molecule has 0 spiro atoms. The third-order valence-corrected chi connectivity index (χ3v) is 4.16. The summed E-state index contributed by atoms with van der Waals surface area (Å²) in [6.07, 6.45) is 0.463. The van der Waals surface area contributed by atoms with Gasteiger partial charge in [0.25, 0.3) is 0 Å². The summed E-state index contributed by atoms with van der Waals surface area (Å²) in [6, 6.07) is 10.3. The van der Waals surface area contributed by atoms with E-state index in [0.29, 0.717) is 5.92 Å². The fraction of sp³-hybridized carbons (Fsp3) is 0.438. The minimum absolute atomic E-state index is 0.0404. The number of benzene rings is 1. The summed E-state index contributed by atoms with van der Waals surface area (Å²) in [6.45, 7) is 6.28. The van der Waals surface area contributed by atoms with E-state index in [1.54, 1.807) is 0 Å². The lowest BCUT2D eigenvalue weighted by molar-refractivity contribution is 0.0852. The number of aliphatic hydroxyl groups excluding tert-OH is 1. The van der Waals surface area contributed by atoms with Gasteiger partial charge in [-0.2, -0.15) is 5.10 Å². The summed E-state index contributed by atoms with van der Waals surface area (Å²) in [5.74, 6) is 0.452. The monoisotopic (exact) mass is 256 g/mol. The van der Waals surface area contributed by atoms with E-state index >= 15 is 0 Å². The van der Waals surface area contributed by atoms with Crippen LogP contribution in [0.2, 0.25) is 0 Å². The minimum atomic E-state index is -0.467. The van der Waals surface area contributed by atoms with Crippen molar-refractivity contribution in [1.29, 1.82) is 0 Å². The molecule has 0 amide bonds. The summed E-state index contributed by atoms with van der Waals surface area (Å²) in [4.78, 5) is 0. The lowest BCUT2D eigenvalue weighted by atomic mass is 9.79. The molecule has 1 aliphatic rings. The van der Waals surface area contributed by atoms with Gasteiger partial charge >= 0.3 is 0 Å². The highest BCUT2D eigenvalue weighted by atomic mass is 16.3. The van der Waals surface area contributed by atoms with Crippen LogP contribution in [0, 0.1) is 13.8 Å². The average molecular weight is 256 g/mol. The molecule has 0 bridgehead atoms. The van der Waals surface area contributed by atoms with E-state index in [2.05, 4.69) is 31.1 Å². The van der Waals surface area contributed by atoms with E-state index in [0.717, 1.165) is 23.4 Å². The first kappa shape index (κ1) is 12.4. The van der Waals surface area contributed by atoms with E-state index < -0.39 is 6.10 Å². The normalized spacial score (nSPS) is 26.2. The highest BCUT2D eigenvalue weighted by molar-refractivity contribution is 5.35. The smallest absolute Gasteiger partial charge is 0.102 e. The van der Waals surface area contributed by atoms with E-state index in [4.69, 9.17) is 0 Å². The minimum Gasteiger partial charge on any atom is -0.386 e. The average Bonchev–Trinajstić information content (AvgIpc) is 2.73. The molecule has 0 saturated carbocycles. The number of rotatable bonds is 1. The molecule has 0 fully saturated rings. The van der Waals surface area contributed by atoms with Crippen molar-refractivity contribution in [3.8, 4) is 0 Å². The SMILES string of the molecule is Cc1cc(C)n(C2CC(C)c3ccccc3C2O)n1. The van der Waals surface area contributed by atoms with Crippen LogP contribution in [0.4, 0.5) is 0 Å². The summed E-state index contributed by atoms with van der Waals surface area (Å²) < 4.78 is 1.99. The third kappa shape index (κ3) is 1.98. The van der Waals surface area contributed by atoms with E-state index in [-0.39, 0.29) is 6.04 Å². The molecular weight excluding hydrogens is 236 g/mol. The van der Waals surface area contributed by atoms with Gasteiger partial charge in [0.2, 0.25) is 0 Å². The third-order valence-electron chi connectivity index (χ3n) is 4.16. The first-order valence-corrected chi connectivity index (χ1v) is 6.87. The molecular formula is C16H20N2O. The quantitative estimate of drug-likeness (QED) is 0.850. The first-order chi connectivity index (χ1) is 9.08. The Bertz CT molecular complexity index is 603. The molecule has 3 nitrogen and oxygen atoms in total. The van der Waals surface area contributed by atoms with Gasteiger partial charge in [0.05, 0.1) is 11.7 Å². The molecule has 1 N–H and O–H groups in total. The Balaban J connectivity index is 2.05. The van der Waals surface area contributed by atoms with E-state index in [1.807, 2.05) is 29.8 Å². The lowest BCUT2D eigenvalue weighted by Gasteiger charge is -2.34. The fourth-order valence-electron chi connectivity index (χ4n) is 3.27. The van der Waals surface area contributed by atoms with Gasteiger partial charge < -0.3 is 5.11 Å². The first-order valence-electron chi connectivity index (χ1n) is 6.87. The summed E-state index contributed by atoms with van der Waals surface area (Å²) >= 11 is 0. The van der Waals surface area contributed by atoms with Crippen LogP contribution < -0.4 is 0 Å². The van der Waals surface area contributed by atoms with Crippen LogP contribution in [-0.4, -0.2) is 14.9 Å². The molecule has 3 heteroatoms. The summed E-state index contributed by atoms with van der Waals surface area (Å²) in [5.41, 5.74) is 4.45. The number of aryl methyl sites for hydroxylation is 2. The topological polar surface area (TPSA) is 38.0 Å². The zero-order valence-corrected chi connectivity index (χ0v) is 11.7. The van der Waals surface area contributed by atoms with Crippen LogP contribution >= 0.6 is 0 Å². The molecule has 1 aromatic heterocycles. The van der Waals surface area contributed by atoms with Crippen LogP contribution in [0.1, 0.15) is 53.9 Å². The van der Waals surface area contributed by atoms with Gasteiger partial charge in [-0.3, -0.25) is 4.68 Å². The summed E-state index contributed by atoms with van der Waals surface area (Å²) in [5, 5.41) is 15.2. The molecule has 2 aromatic rings. The highest BCUT2D eigenvalue weighted by Gasteiger charge is 2.33. The Morgan fingerprint density at radius 1 is 1.21 bits per heavy atom. The van der Waals surface area contributed by atoms with Crippen molar-refractivity contribution < 1.29 is 5.11 Å². The van der Waals surface area contributed by atoms with Crippen molar-refractivity contribution in [2.24, 2.45) is 0 Å². The maximum Gasteiger partial charge on any atom is 0.102 e. The fourth-order valence-corrected chi connectivity index (χ4v) is 3.27. The highest BCUT2D eigenvalue weighted by Crippen LogP contribution is 2.43. The predicted molar refractivity (Wildman–Crippen MR) is 75.2 cm³/mol. The van der Waals surface area contributed by atoms with Crippen molar-refractivity contribution in [2.75, 3.05) is 0 Å². The van der Waals surface area contributed by atoms with Crippen molar-refractivity contribution in [3.05, 3.63) is 52.8 Å². The molecule has 0 aliphatic heterocycles. The van der Waals surface area contributed by atoms with Crippen molar-refractivity contribution in [2.45, 2.75) is 45.3 Å². The maximum atomic E-state index is 10.7. The largest absolute Gasteiger partial charge is 0.386 e. The second kappa shape index (κ2) is 4.49.